The fraction of sp³-hybridized carbons (Fsp3) is 0.158. The topological polar surface area (TPSA) is 60.9 Å². The smallest absolute Gasteiger partial charge is 0.328 e. The van der Waals surface area contributed by atoms with Gasteiger partial charge in [-0.2, -0.15) is 0 Å². The molecule has 2 amide bonds. The summed E-state index contributed by atoms with van der Waals surface area (Å²) in [4.78, 5) is 27.3. The quantitative estimate of drug-likeness (QED) is 0.625. The van der Waals surface area contributed by atoms with Gasteiger partial charge in [0, 0.05) is 39.4 Å². The molecule has 140 valence electrons. The van der Waals surface area contributed by atoms with E-state index in [4.69, 9.17) is 28.3 Å². The van der Waals surface area contributed by atoms with Gasteiger partial charge < -0.3 is 10.0 Å². The van der Waals surface area contributed by atoms with Crippen LogP contribution in [-0.2, 0) is 11.3 Å². The molecule has 0 radical (unpaired) electrons. The molecule has 1 aliphatic rings. The fourth-order valence-electron chi connectivity index (χ4n) is 2.87. The van der Waals surface area contributed by atoms with Gasteiger partial charge in [0.1, 0.15) is 0 Å². The van der Waals surface area contributed by atoms with Crippen molar-refractivity contribution in [2.24, 2.45) is 0 Å². The maximum absolute atomic E-state index is 13.0. The monoisotopic (exact) mass is 468 g/mol. The zero-order valence-electron chi connectivity index (χ0n) is 14.0. The molecule has 0 atom stereocenters. The third-order valence-corrected chi connectivity index (χ3v) is 5.21. The maximum atomic E-state index is 13.0. The summed E-state index contributed by atoms with van der Waals surface area (Å²) in [5.41, 5.74) is 2.04. The van der Waals surface area contributed by atoms with Crippen LogP contribution in [0.15, 0.2) is 58.6 Å². The lowest BCUT2D eigenvalue weighted by molar-refractivity contribution is -0.131. The van der Waals surface area contributed by atoms with Gasteiger partial charge >= 0.3 is 12.0 Å². The molecule has 0 unspecified atom stereocenters. The van der Waals surface area contributed by atoms with Crippen molar-refractivity contribution in [1.82, 2.24) is 4.90 Å². The lowest BCUT2D eigenvalue weighted by Crippen LogP contribution is -2.50. The van der Waals surface area contributed by atoms with Crippen LogP contribution in [0.4, 0.5) is 10.5 Å². The number of carboxylic acids is 1. The van der Waals surface area contributed by atoms with Gasteiger partial charge in [0.15, 0.2) is 0 Å². The Kier molecular flexibility index (Phi) is 6.09. The molecule has 1 saturated heterocycles. The van der Waals surface area contributed by atoms with Crippen LogP contribution in [0.3, 0.4) is 0 Å². The van der Waals surface area contributed by atoms with Crippen LogP contribution in [-0.4, -0.2) is 35.1 Å². The standard InChI is InChI=1S/C19H15BrCl2N2O3/c20-14-2-5-16(6-3-14)24-10-12(7-18(25)26)9-23(19(24)27)11-13-1-4-15(21)8-17(13)22/h1-8H,9-11H2,(H,25,26). The van der Waals surface area contributed by atoms with Crippen molar-refractivity contribution in [1.29, 1.82) is 0 Å². The van der Waals surface area contributed by atoms with Crippen LogP contribution in [0, 0.1) is 0 Å². The highest BCUT2D eigenvalue weighted by Gasteiger charge is 2.30. The fourth-order valence-corrected chi connectivity index (χ4v) is 3.60. The molecule has 0 saturated carbocycles. The van der Waals surface area contributed by atoms with E-state index in [2.05, 4.69) is 15.9 Å². The summed E-state index contributed by atoms with van der Waals surface area (Å²) in [6.07, 6.45) is 1.15. The van der Waals surface area contributed by atoms with Crippen LogP contribution in [0.25, 0.3) is 0 Å². The number of carbonyl (C=O) groups excluding carboxylic acids is 1. The molecule has 5 nitrogen and oxygen atoms in total. The molecule has 1 N–H and O–H groups in total. The SMILES string of the molecule is O=C(O)C=C1CN(Cc2ccc(Cl)cc2Cl)C(=O)N(c2ccc(Br)cc2)C1. The van der Waals surface area contributed by atoms with E-state index in [1.165, 1.54) is 0 Å². The van der Waals surface area contributed by atoms with E-state index in [9.17, 15) is 9.59 Å². The van der Waals surface area contributed by atoms with Crippen LogP contribution >= 0.6 is 39.1 Å². The molecule has 0 spiro atoms. The van der Waals surface area contributed by atoms with Crippen LogP contribution in [0.5, 0.6) is 0 Å². The van der Waals surface area contributed by atoms with Crippen molar-refractivity contribution in [2.45, 2.75) is 6.54 Å². The zero-order chi connectivity index (χ0) is 19.6. The Hall–Kier alpha value is -2.02. The Morgan fingerprint density at radius 3 is 2.48 bits per heavy atom. The maximum Gasteiger partial charge on any atom is 0.328 e. The Labute approximate surface area is 174 Å². The molecular weight excluding hydrogens is 455 g/mol. The van der Waals surface area contributed by atoms with E-state index in [1.54, 1.807) is 40.1 Å². The summed E-state index contributed by atoms with van der Waals surface area (Å²) in [7, 11) is 0. The normalized spacial score (nSPS) is 16.1. The lowest BCUT2D eigenvalue weighted by Gasteiger charge is -2.37. The first-order chi connectivity index (χ1) is 12.8. The number of halogens is 3. The highest BCUT2D eigenvalue weighted by atomic mass is 79.9. The number of carboxylic acid groups (broad SMARTS) is 1. The molecule has 1 aliphatic heterocycles. The van der Waals surface area contributed by atoms with E-state index >= 15 is 0 Å². The summed E-state index contributed by atoms with van der Waals surface area (Å²) in [5, 5.41) is 10.1. The molecular formula is C19H15BrCl2N2O3. The lowest BCUT2D eigenvalue weighted by atomic mass is 10.1. The van der Waals surface area contributed by atoms with Gasteiger partial charge in [0.05, 0.1) is 6.54 Å². The third-order valence-electron chi connectivity index (χ3n) is 4.10. The van der Waals surface area contributed by atoms with Crippen molar-refractivity contribution in [2.75, 3.05) is 18.0 Å². The number of nitrogens with zero attached hydrogens (tertiary/aromatic N) is 2. The van der Waals surface area contributed by atoms with Gasteiger partial charge in [0.2, 0.25) is 0 Å². The minimum Gasteiger partial charge on any atom is -0.478 e. The number of rotatable bonds is 4. The second-order valence-electron chi connectivity index (χ2n) is 6.08. The van der Waals surface area contributed by atoms with Crippen molar-refractivity contribution in [3.8, 4) is 0 Å². The first-order valence-electron chi connectivity index (χ1n) is 8.02. The summed E-state index contributed by atoms with van der Waals surface area (Å²) in [6, 6.07) is 12.1. The second kappa shape index (κ2) is 8.33. The summed E-state index contributed by atoms with van der Waals surface area (Å²) >= 11 is 15.5. The first-order valence-corrected chi connectivity index (χ1v) is 9.56. The minimum atomic E-state index is -1.04. The Bertz CT molecular complexity index is 916. The molecule has 0 bridgehead atoms. The highest BCUT2D eigenvalue weighted by molar-refractivity contribution is 9.10. The molecule has 8 heteroatoms. The van der Waals surface area contributed by atoms with E-state index in [-0.39, 0.29) is 25.7 Å². The van der Waals surface area contributed by atoms with Crippen LogP contribution in [0.1, 0.15) is 5.56 Å². The second-order valence-corrected chi connectivity index (χ2v) is 7.84. The van der Waals surface area contributed by atoms with Crippen molar-refractivity contribution in [3.63, 3.8) is 0 Å². The zero-order valence-corrected chi connectivity index (χ0v) is 17.1. The number of urea groups is 1. The Morgan fingerprint density at radius 1 is 1.15 bits per heavy atom. The largest absolute Gasteiger partial charge is 0.478 e. The predicted octanol–water partition coefficient (Wildman–Crippen LogP) is 5.21. The van der Waals surface area contributed by atoms with E-state index in [0.717, 1.165) is 16.1 Å². The average molecular weight is 470 g/mol. The van der Waals surface area contributed by atoms with E-state index < -0.39 is 5.97 Å². The molecule has 2 aromatic rings. The molecule has 1 heterocycles. The summed E-state index contributed by atoms with van der Waals surface area (Å²) < 4.78 is 0.891. The van der Waals surface area contributed by atoms with E-state index in [1.807, 2.05) is 12.1 Å². The van der Waals surface area contributed by atoms with Gasteiger partial charge in [-0.1, -0.05) is 45.2 Å². The van der Waals surface area contributed by atoms with Crippen molar-refractivity contribution >= 4 is 56.8 Å². The number of hydrogen-bond donors (Lipinski definition) is 1. The number of amides is 2. The van der Waals surface area contributed by atoms with Gasteiger partial charge in [-0.25, -0.2) is 9.59 Å². The molecule has 0 aromatic heterocycles. The number of hydrogen-bond acceptors (Lipinski definition) is 2. The molecule has 27 heavy (non-hydrogen) atoms. The first kappa shape index (κ1) is 19.7. The Morgan fingerprint density at radius 2 is 1.85 bits per heavy atom. The van der Waals surface area contributed by atoms with E-state index in [0.29, 0.717) is 21.3 Å². The van der Waals surface area contributed by atoms with Crippen molar-refractivity contribution < 1.29 is 14.7 Å². The summed E-state index contributed by atoms with van der Waals surface area (Å²) in [5.74, 6) is -1.04. The molecule has 0 aliphatic carbocycles. The van der Waals surface area contributed by atoms with Crippen LogP contribution in [0.2, 0.25) is 10.0 Å². The number of anilines is 1. The number of aliphatic carboxylic acids is 1. The number of benzene rings is 2. The van der Waals surface area contributed by atoms with Gasteiger partial charge in [-0.15, -0.1) is 0 Å². The predicted molar refractivity (Wildman–Crippen MR) is 109 cm³/mol. The number of carbonyl (C=O) groups is 2. The van der Waals surface area contributed by atoms with Gasteiger partial charge in [0.25, 0.3) is 0 Å². The molecule has 3 rings (SSSR count). The Balaban J connectivity index is 1.92. The minimum absolute atomic E-state index is 0.217. The van der Waals surface area contributed by atoms with Crippen LogP contribution < -0.4 is 4.90 Å². The highest BCUT2D eigenvalue weighted by Crippen LogP contribution is 2.27. The average Bonchev–Trinajstić information content (AvgIpc) is 2.60. The van der Waals surface area contributed by atoms with Gasteiger partial charge in [-0.3, -0.25) is 4.90 Å². The van der Waals surface area contributed by atoms with Gasteiger partial charge in [-0.05, 0) is 47.5 Å². The van der Waals surface area contributed by atoms with Crippen molar-refractivity contribution in [3.05, 3.63) is 74.2 Å². The molecule has 1 fully saturated rings. The molecule has 2 aromatic carbocycles. The summed E-state index contributed by atoms with van der Waals surface area (Å²) in [6.45, 7) is 0.688. The third kappa shape index (κ3) is 4.83.